The van der Waals surface area contributed by atoms with Crippen LogP contribution >= 0.6 is 0 Å². The molecule has 0 bridgehead atoms. The summed E-state index contributed by atoms with van der Waals surface area (Å²) in [6, 6.07) is 14.1. The van der Waals surface area contributed by atoms with Crippen LogP contribution in [-0.4, -0.2) is 13.1 Å². The number of hydrogen-bond acceptors (Lipinski definition) is 1. The van der Waals surface area contributed by atoms with E-state index >= 15 is 0 Å². The zero-order valence-corrected chi connectivity index (χ0v) is 12.7. The SMILES string of the molecule is Cc1ccc(-c2ccc(C[Si](C)(C)C)cn2)cc1. The fourth-order valence-corrected chi connectivity index (χ4v) is 3.47. The third kappa shape index (κ3) is 3.54. The molecule has 0 atom stereocenters. The molecule has 0 spiro atoms. The fraction of sp³-hybridized carbons (Fsp3) is 0.312. The van der Waals surface area contributed by atoms with Gasteiger partial charge in [-0.3, -0.25) is 4.98 Å². The number of aromatic nitrogens is 1. The summed E-state index contributed by atoms with van der Waals surface area (Å²) in [5.74, 6) is 0. The van der Waals surface area contributed by atoms with Gasteiger partial charge in [-0.05, 0) is 24.6 Å². The first-order valence-corrected chi connectivity index (χ1v) is 10.2. The summed E-state index contributed by atoms with van der Waals surface area (Å²) in [7, 11) is -1.04. The lowest BCUT2D eigenvalue weighted by Gasteiger charge is -2.15. The van der Waals surface area contributed by atoms with E-state index in [1.165, 1.54) is 22.7 Å². The molecule has 0 unspecified atom stereocenters. The largest absolute Gasteiger partial charge is 0.256 e. The number of pyridine rings is 1. The summed E-state index contributed by atoms with van der Waals surface area (Å²) >= 11 is 0. The lowest BCUT2D eigenvalue weighted by Crippen LogP contribution is -2.23. The molecule has 0 amide bonds. The van der Waals surface area contributed by atoms with E-state index in [2.05, 4.69) is 67.9 Å². The molecule has 1 aromatic carbocycles. The predicted molar refractivity (Wildman–Crippen MR) is 81.5 cm³/mol. The van der Waals surface area contributed by atoms with Crippen molar-refractivity contribution in [2.45, 2.75) is 32.6 Å². The zero-order chi connectivity index (χ0) is 13.2. The van der Waals surface area contributed by atoms with Gasteiger partial charge in [-0.15, -0.1) is 0 Å². The Bertz CT molecular complexity index is 506. The van der Waals surface area contributed by atoms with Crippen molar-refractivity contribution in [1.29, 1.82) is 0 Å². The predicted octanol–water partition coefficient (Wildman–Crippen LogP) is 4.48. The maximum atomic E-state index is 4.58. The second-order valence-electron chi connectivity index (χ2n) is 6.16. The second-order valence-corrected chi connectivity index (χ2v) is 11.6. The monoisotopic (exact) mass is 255 g/mol. The first kappa shape index (κ1) is 13.0. The Hall–Kier alpha value is -1.41. The topological polar surface area (TPSA) is 12.9 Å². The molecule has 0 radical (unpaired) electrons. The summed E-state index contributed by atoms with van der Waals surface area (Å²) in [5, 5.41) is 0. The van der Waals surface area contributed by atoms with E-state index in [4.69, 9.17) is 0 Å². The highest BCUT2D eigenvalue weighted by Crippen LogP contribution is 2.19. The first-order valence-electron chi connectivity index (χ1n) is 6.46. The summed E-state index contributed by atoms with van der Waals surface area (Å²) in [5.41, 5.74) is 4.91. The highest BCUT2D eigenvalue weighted by atomic mass is 28.3. The smallest absolute Gasteiger partial charge is 0.0702 e. The van der Waals surface area contributed by atoms with E-state index in [9.17, 15) is 0 Å². The van der Waals surface area contributed by atoms with Crippen LogP contribution in [0.25, 0.3) is 11.3 Å². The third-order valence-corrected chi connectivity index (χ3v) is 4.38. The van der Waals surface area contributed by atoms with E-state index in [0.29, 0.717) is 0 Å². The van der Waals surface area contributed by atoms with Crippen molar-refractivity contribution in [3.05, 3.63) is 53.7 Å². The molecule has 2 aromatic rings. The van der Waals surface area contributed by atoms with Crippen molar-refractivity contribution in [3.8, 4) is 11.3 Å². The molecule has 0 aliphatic carbocycles. The maximum Gasteiger partial charge on any atom is 0.0702 e. The normalized spacial score (nSPS) is 11.6. The molecule has 18 heavy (non-hydrogen) atoms. The molecule has 0 aliphatic heterocycles. The van der Waals surface area contributed by atoms with Gasteiger partial charge >= 0.3 is 0 Å². The van der Waals surface area contributed by atoms with E-state index < -0.39 is 8.07 Å². The Morgan fingerprint density at radius 2 is 1.61 bits per heavy atom. The lowest BCUT2D eigenvalue weighted by atomic mass is 10.1. The van der Waals surface area contributed by atoms with Gasteiger partial charge in [0.1, 0.15) is 0 Å². The van der Waals surface area contributed by atoms with Crippen LogP contribution in [0.5, 0.6) is 0 Å². The number of nitrogens with zero attached hydrogens (tertiary/aromatic N) is 1. The Kier molecular flexibility index (Phi) is 3.67. The Labute approximate surface area is 111 Å². The third-order valence-electron chi connectivity index (χ3n) is 2.91. The molecule has 1 aromatic heterocycles. The average molecular weight is 255 g/mol. The number of benzene rings is 1. The van der Waals surface area contributed by atoms with Gasteiger partial charge < -0.3 is 0 Å². The summed E-state index contributed by atoms with van der Waals surface area (Å²) < 4.78 is 0. The molecule has 0 aliphatic rings. The molecular formula is C16H21NSi. The molecule has 2 rings (SSSR count). The molecular weight excluding hydrogens is 234 g/mol. The van der Waals surface area contributed by atoms with E-state index in [0.717, 1.165) is 5.69 Å². The highest BCUT2D eigenvalue weighted by molar-refractivity contribution is 6.75. The van der Waals surface area contributed by atoms with Crippen LogP contribution in [0.2, 0.25) is 19.6 Å². The zero-order valence-electron chi connectivity index (χ0n) is 11.7. The lowest BCUT2D eigenvalue weighted by molar-refractivity contribution is 1.21. The van der Waals surface area contributed by atoms with Gasteiger partial charge in [-0.2, -0.15) is 0 Å². The fourth-order valence-electron chi connectivity index (χ4n) is 2.04. The quantitative estimate of drug-likeness (QED) is 0.737. The maximum absolute atomic E-state index is 4.58. The van der Waals surface area contributed by atoms with Gasteiger partial charge in [0.2, 0.25) is 0 Å². The van der Waals surface area contributed by atoms with Crippen molar-refractivity contribution in [2.75, 3.05) is 0 Å². The number of hydrogen-bond donors (Lipinski definition) is 0. The van der Waals surface area contributed by atoms with E-state index in [-0.39, 0.29) is 0 Å². The van der Waals surface area contributed by atoms with Crippen LogP contribution in [0.3, 0.4) is 0 Å². The van der Waals surface area contributed by atoms with Crippen LogP contribution < -0.4 is 0 Å². The number of aryl methyl sites for hydroxylation is 1. The molecule has 0 fully saturated rings. The van der Waals surface area contributed by atoms with Crippen molar-refractivity contribution >= 4 is 8.07 Å². The van der Waals surface area contributed by atoms with Crippen molar-refractivity contribution < 1.29 is 0 Å². The average Bonchev–Trinajstić information content (AvgIpc) is 2.29. The van der Waals surface area contributed by atoms with Gasteiger partial charge in [-0.25, -0.2) is 0 Å². The molecule has 0 saturated heterocycles. The van der Waals surface area contributed by atoms with Crippen LogP contribution in [0.15, 0.2) is 42.6 Å². The van der Waals surface area contributed by atoms with Crippen molar-refractivity contribution in [1.82, 2.24) is 4.98 Å². The van der Waals surface area contributed by atoms with E-state index in [1.54, 1.807) is 0 Å². The Morgan fingerprint density at radius 3 is 2.11 bits per heavy atom. The van der Waals surface area contributed by atoms with Gasteiger partial charge in [0.25, 0.3) is 0 Å². The molecule has 1 nitrogen and oxygen atoms in total. The van der Waals surface area contributed by atoms with Crippen LogP contribution in [0.4, 0.5) is 0 Å². The summed E-state index contributed by atoms with van der Waals surface area (Å²) in [4.78, 5) is 4.58. The molecule has 2 heteroatoms. The minimum absolute atomic E-state index is 1.04. The molecule has 0 N–H and O–H groups in total. The van der Waals surface area contributed by atoms with Crippen molar-refractivity contribution in [2.24, 2.45) is 0 Å². The van der Waals surface area contributed by atoms with Crippen molar-refractivity contribution in [3.63, 3.8) is 0 Å². The Morgan fingerprint density at radius 1 is 0.944 bits per heavy atom. The first-order chi connectivity index (χ1) is 8.44. The molecule has 0 saturated carbocycles. The van der Waals surface area contributed by atoms with E-state index in [1.807, 2.05) is 6.20 Å². The second kappa shape index (κ2) is 5.07. The van der Waals surface area contributed by atoms with Crippen LogP contribution in [0, 0.1) is 6.92 Å². The number of rotatable bonds is 3. The summed E-state index contributed by atoms with van der Waals surface area (Å²) in [6.45, 7) is 9.27. The van der Waals surface area contributed by atoms with Crippen LogP contribution in [0.1, 0.15) is 11.1 Å². The van der Waals surface area contributed by atoms with Gasteiger partial charge in [0.05, 0.1) is 5.69 Å². The summed E-state index contributed by atoms with van der Waals surface area (Å²) in [6.07, 6.45) is 2.04. The minimum atomic E-state index is -1.04. The molecule has 94 valence electrons. The minimum Gasteiger partial charge on any atom is -0.256 e. The van der Waals surface area contributed by atoms with Crippen LogP contribution in [-0.2, 0) is 6.04 Å². The van der Waals surface area contributed by atoms with Gasteiger partial charge in [-0.1, -0.05) is 55.5 Å². The Balaban J connectivity index is 2.20. The molecule has 1 heterocycles. The standard InChI is InChI=1S/C16H21NSi/c1-13-5-8-15(9-6-13)16-10-7-14(11-17-16)12-18(2,3)4/h5-11H,12H2,1-4H3. The highest BCUT2D eigenvalue weighted by Gasteiger charge is 2.13. The van der Waals surface area contributed by atoms with Gasteiger partial charge in [0.15, 0.2) is 0 Å². The van der Waals surface area contributed by atoms with Gasteiger partial charge in [0, 0.05) is 19.8 Å².